The zero-order chi connectivity index (χ0) is 49.7. The minimum absolute atomic E-state index is 0.0870. The fourth-order valence-corrected chi connectivity index (χ4v) is 12.0. The van der Waals surface area contributed by atoms with E-state index in [0.717, 1.165) is 105 Å². The molecule has 0 radical (unpaired) electrons. The first-order valence-electron chi connectivity index (χ1n) is 25.4. The van der Waals surface area contributed by atoms with Crippen LogP contribution in [-0.4, -0.2) is 111 Å². The van der Waals surface area contributed by atoms with E-state index in [1.165, 1.54) is 17.8 Å². The number of hydrogen-bond acceptors (Lipinski definition) is 13. The molecule has 376 valence electrons. The Hall–Kier alpha value is -5.23. The van der Waals surface area contributed by atoms with Crippen molar-refractivity contribution >= 4 is 63.1 Å². The quantitative estimate of drug-likeness (QED) is 0.0751. The fraction of sp³-hybridized carbons (Fsp3) is 0.566. The van der Waals surface area contributed by atoms with Gasteiger partial charge in [-0.1, -0.05) is 103 Å². The first-order chi connectivity index (χ1) is 33.9. The molecule has 70 heavy (non-hydrogen) atoms. The number of hydrogen-bond donors (Lipinski definition) is 4. The highest BCUT2D eigenvalue weighted by molar-refractivity contribution is 7.10. The van der Waals surface area contributed by atoms with E-state index in [0.29, 0.717) is 47.9 Å². The zero-order valence-electron chi connectivity index (χ0n) is 41.4. The van der Waals surface area contributed by atoms with Crippen LogP contribution in [0.3, 0.4) is 0 Å². The van der Waals surface area contributed by atoms with Crippen LogP contribution < -0.4 is 21.3 Å². The molecule has 4 aliphatic rings. The summed E-state index contributed by atoms with van der Waals surface area (Å²) in [7, 11) is 3.51. The predicted octanol–water partition coefficient (Wildman–Crippen LogP) is 7.92. The summed E-state index contributed by atoms with van der Waals surface area (Å²) in [5.74, 6) is -0.398. The Labute approximate surface area is 420 Å². The number of carbonyl (C=O) groups excluding carboxylic acids is 6. The number of aryl methyl sites for hydroxylation is 1. The van der Waals surface area contributed by atoms with Crippen molar-refractivity contribution in [2.24, 2.45) is 17.8 Å². The molecule has 0 bridgehead atoms. The maximum Gasteiger partial charge on any atom is 0.247 e. The molecular formula is C53H71N9O6S2. The number of amides is 4. The highest BCUT2D eigenvalue weighted by atomic mass is 32.1. The number of carbonyl (C=O) groups is 6. The van der Waals surface area contributed by atoms with Gasteiger partial charge in [0.15, 0.2) is 0 Å². The smallest absolute Gasteiger partial charge is 0.247 e. The number of nitrogens with zero attached hydrogens (tertiary/aromatic N) is 5. The number of likely N-dealkylation sites (N-methyl/N-ethyl adjacent to an activating group) is 2. The molecule has 2 aliphatic heterocycles. The molecule has 2 aliphatic carbocycles. The molecule has 4 amide bonds. The van der Waals surface area contributed by atoms with Gasteiger partial charge in [0, 0.05) is 53.5 Å². The lowest BCUT2D eigenvalue weighted by Gasteiger charge is -2.35. The average Bonchev–Trinajstić information content (AvgIpc) is 4.26. The molecule has 4 fully saturated rings. The summed E-state index contributed by atoms with van der Waals surface area (Å²) in [5.41, 5.74) is 3.66. The molecule has 2 aromatic heterocycles. The molecule has 4 aromatic rings. The van der Waals surface area contributed by atoms with Crippen molar-refractivity contribution in [3.05, 3.63) is 81.8 Å². The Balaban J connectivity index is 0.000000206. The van der Waals surface area contributed by atoms with E-state index in [2.05, 4.69) is 30.9 Å². The van der Waals surface area contributed by atoms with Crippen molar-refractivity contribution < 1.29 is 28.8 Å². The summed E-state index contributed by atoms with van der Waals surface area (Å²) >= 11 is 2.58. The van der Waals surface area contributed by atoms with Gasteiger partial charge in [0.05, 0.1) is 18.1 Å². The maximum absolute atomic E-state index is 13.9. The SMILES string of the molecule is CN[C@@H](C)C(=O)C[C@H](C(=O)N1CCC[C@H]1c1nc(C(=O)c2ccc(C)cc2)cs1)C1CCCCC1.CN[C@H](C)C(=O)N[C@@H](C(=O)N1CCC[C@H]1C(=O)Nc1snnc1-c1ccccc1)C1CCCCC1. The third-order valence-corrected chi connectivity index (χ3v) is 16.5. The van der Waals surface area contributed by atoms with E-state index in [-0.39, 0.29) is 65.0 Å². The van der Waals surface area contributed by atoms with E-state index in [1.807, 2.05) is 78.7 Å². The van der Waals surface area contributed by atoms with Crippen LogP contribution in [0.2, 0.25) is 0 Å². The number of likely N-dealkylation sites (tertiary alicyclic amines) is 2. The molecule has 2 saturated heterocycles. The van der Waals surface area contributed by atoms with Gasteiger partial charge in [-0.15, -0.1) is 16.4 Å². The molecule has 2 aromatic carbocycles. The molecular weight excluding hydrogens is 923 g/mol. The summed E-state index contributed by atoms with van der Waals surface area (Å²) in [4.78, 5) is 87.9. The second-order valence-electron chi connectivity index (χ2n) is 19.5. The second kappa shape index (κ2) is 25.2. The third-order valence-electron chi connectivity index (χ3n) is 14.9. The van der Waals surface area contributed by atoms with Gasteiger partial charge >= 0.3 is 0 Å². The van der Waals surface area contributed by atoms with Crippen molar-refractivity contribution in [3.63, 3.8) is 0 Å². The number of aromatic nitrogens is 3. The van der Waals surface area contributed by atoms with Crippen molar-refractivity contribution in [2.75, 3.05) is 32.5 Å². The van der Waals surface area contributed by atoms with Gasteiger partial charge in [0.2, 0.25) is 29.4 Å². The Morgan fingerprint density at radius 3 is 2.04 bits per heavy atom. The highest BCUT2D eigenvalue weighted by Gasteiger charge is 2.42. The van der Waals surface area contributed by atoms with Gasteiger partial charge in [-0.25, -0.2) is 4.98 Å². The molecule has 15 nitrogen and oxygen atoms in total. The van der Waals surface area contributed by atoms with E-state index in [9.17, 15) is 28.8 Å². The minimum atomic E-state index is -0.614. The normalized spacial score (nSPS) is 20.4. The van der Waals surface area contributed by atoms with Gasteiger partial charge in [-0.3, -0.25) is 28.8 Å². The summed E-state index contributed by atoms with van der Waals surface area (Å²) in [6.45, 7) is 6.82. The summed E-state index contributed by atoms with van der Waals surface area (Å²) in [5, 5.41) is 19.3. The molecule has 8 rings (SSSR count). The van der Waals surface area contributed by atoms with Gasteiger partial charge in [-0.2, -0.15) is 0 Å². The lowest BCUT2D eigenvalue weighted by atomic mass is 9.76. The predicted molar refractivity (Wildman–Crippen MR) is 274 cm³/mol. The number of rotatable bonds is 17. The Bertz CT molecular complexity index is 2400. The van der Waals surface area contributed by atoms with Crippen LogP contribution in [-0.2, 0) is 24.0 Å². The van der Waals surface area contributed by atoms with Crippen LogP contribution in [0.4, 0.5) is 5.00 Å². The zero-order valence-corrected chi connectivity index (χ0v) is 43.0. The van der Waals surface area contributed by atoms with E-state index in [1.54, 1.807) is 25.9 Å². The Morgan fingerprint density at radius 2 is 1.37 bits per heavy atom. The van der Waals surface area contributed by atoms with Crippen molar-refractivity contribution in [1.82, 2.24) is 40.3 Å². The fourth-order valence-electron chi connectivity index (χ4n) is 10.4. The van der Waals surface area contributed by atoms with Gasteiger partial charge < -0.3 is 31.1 Å². The lowest BCUT2D eigenvalue weighted by Crippen LogP contribution is -2.57. The molecule has 0 spiro atoms. The summed E-state index contributed by atoms with van der Waals surface area (Å²) < 4.78 is 4.02. The Morgan fingerprint density at radius 1 is 0.729 bits per heavy atom. The minimum Gasteiger partial charge on any atom is -0.343 e. The van der Waals surface area contributed by atoms with Crippen LogP contribution >= 0.6 is 22.9 Å². The van der Waals surface area contributed by atoms with Gasteiger partial charge in [0.25, 0.3) is 0 Å². The van der Waals surface area contributed by atoms with Crippen molar-refractivity contribution in [1.29, 1.82) is 0 Å². The van der Waals surface area contributed by atoms with E-state index < -0.39 is 18.1 Å². The number of thiazole rings is 1. The summed E-state index contributed by atoms with van der Waals surface area (Å²) in [6, 6.07) is 15.1. The largest absolute Gasteiger partial charge is 0.343 e. The first kappa shape index (κ1) is 52.6. The van der Waals surface area contributed by atoms with Crippen LogP contribution in [0.15, 0.2) is 60.0 Å². The topological polar surface area (TPSA) is 196 Å². The number of benzene rings is 2. The highest BCUT2D eigenvalue weighted by Crippen LogP contribution is 2.40. The third kappa shape index (κ3) is 13.0. The number of Topliss-reactive ketones (excluding diaryl/α,β-unsaturated/α-hetero) is 1. The Kier molecular flexibility index (Phi) is 19.0. The molecule has 2 saturated carbocycles. The summed E-state index contributed by atoms with van der Waals surface area (Å²) in [6.07, 6.45) is 13.9. The standard InChI is InChI=1S/C28H37N3O3S.C25H34N6O3S/c1-18-11-13-21(14-12-18)26(33)23-17-35-27(30-23)24-10-7-15-31(24)28(34)22(16-25(32)19(2)29-3)20-8-5-4-6-9-20;1-16(26-2)22(32)27-21(18-12-7-4-8-13-18)25(34)31-15-9-14-19(31)23(33)28-24-20(29-30-35-24)17-10-5-3-6-11-17/h11-14,17,19-20,22,24,29H,4-10,15-16H2,1-3H3;3,5-6,10-11,16,18-19,21,26H,4,7-9,12-15H2,1-2H3,(H,27,32)(H,28,33)/t19-,22-,24-;16-,19+,21-/m01/s1. The molecule has 17 heteroatoms. The maximum atomic E-state index is 13.9. The van der Waals surface area contributed by atoms with Gasteiger partial charge in [0.1, 0.15) is 39.3 Å². The monoisotopic (exact) mass is 993 g/mol. The van der Waals surface area contributed by atoms with Gasteiger partial charge in [-0.05, 0) is 98.1 Å². The van der Waals surface area contributed by atoms with E-state index >= 15 is 0 Å². The van der Waals surface area contributed by atoms with Crippen LogP contribution in [0.5, 0.6) is 0 Å². The second-order valence-corrected chi connectivity index (χ2v) is 21.2. The first-order valence-corrected chi connectivity index (χ1v) is 27.1. The molecule has 6 atom stereocenters. The molecule has 0 unspecified atom stereocenters. The lowest BCUT2D eigenvalue weighted by molar-refractivity contribution is -0.142. The average molecular weight is 994 g/mol. The van der Waals surface area contributed by atoms with Crippen molar-refractivity contribution in [3.8, 4) is 11.3 Å². The van der Waals surface area contributed by atoms with Crippen LogP contribution in [0, 0.1) is 24.7 Å². The van der Waals surface area contributed by atoms with Crippen molar-refractivity contribution in [2.45, 2.75) is 147 Å². The molecule has 4 heterocycles. The van der Waals surface area contributed by atoms with Crippen LogP contribution in [0.1, 0.15) is 143 Å². The van der Waals surface area contributed by atoms with E-state index in [4.69, 9.17) is 4.98 Å². The number of anilines is 1. The van der Waals surface area contributed by atoms with Crippen LogP contribution in [0.25, 0.3) is 11.3 Å². The molecule has 4 N–H and O–H groups in total. The number of ketones is 2. The number of nitrogens with one attached hydrogen (secondary N) is 4.